The van der Waals surface area contributed by atoms with Crippen LogP contribution in [-0.2, 0) is 32.3 Å². The van der Waals surface area contributed by atoms with Gasteiger partial charge in [0, 0.05) is 50.1 Å². The van der Waals surface area contributed by atoms with Crippen molar-refractivity contribution in [2.24, 2.45) is 7.05 Å². The summed E-state index contributed by atoms with van der Waals surface area (Å²) in [6.07, 6.45) is 4.94. The van der Waals surface area contributed by atoms with Gasteiger partial charge in [-0.2, -0.15) is 16.9 Å². The van der Waals surface area contributed by atoms with Gasteiger partial charge < -0.3 is 4.57 Å². The summed E-state index contributed by atoms with van der Waals surface area (Å²) in [6.45, 7) is 2.37. The zero-order chi connectivity index (χ0) is 18.1. The second-order valence-corrected chi connectivity index (χ2v) is 8.30. The molecule has 1 unspecified atom stereocenters. The average Bonchev–Trinajstić information content (AvgIpc) is 3.05. The molecule has 2 aliphatic heterocycles. The lowest BCUT2D eigenvalue weighted by Gasteiger charge is -2.25. The molecule has 0 N–H and O–H groups in total. The molecule has 138 valence electrons. The van der Waals surface area contributed by atoms with Gasteiger partial charge in [-0.1, -0.05) is 0 Å². The Labute approximate surface area is 156 Å². The number of hydrogen-bond acceptors (Lipinski definition) is 5. The molecule has 2 aromatic heterocycles. The van der Waals surface area contributed by atoms with Gasteiger partial charge in [-0.3, -0.25) is 14.5 Å². The van der Waals surface area contributed by atoms with Crippen LogP contribution in [0.15, 0.2) is 34.0 Å². The Kier molecular flexibility index (Phi) is 5.00. The van der Waals surface area contributed by atoms with E-state index in [9.17, 15) is 9.59 Å². The lowest BCUT2D eigenvalue weighted by molar-refractivity contribution is 0.216. The van der Waals surface area contributed by atoms with E-state index in [2.05, 4.69) is 10.00 Å². The van der Waals surface area contributed by atoms with Crippen molar-refractivity contribution < 1.29 is 0 Å². The van der Waals surface area contributed by atoms with Gasteiger partial charge in [0.2, 0.25) is 0 Å². The van der Waals surface area contributed by atoms with Crippen molar-refractivity contribution in [1.29, 1.82) is 0 Å². The predicted octanol–water partition coefficient (Wildman–Crippen LogP) is 1.40. The first kappa shape index (κ1) is 17.5. The smallest absolute Gasteiger partial charge is 0.267 e. The maximum Gasteiger partial charge on any atom is 0.267 e. The van der Waals surface area contributed by atoms with E-state index >= 15 is 0 Å². The van der Waals surface area contributed by atoms with E-state index in [1.165, 1.54) is 0 Å². The minimum atomic E-state index is 0.00619. The number of hydrogen-bond donors (Lipinski definition) is 0. The fraction of sp³-hybridized carbons (Fsp3) is 0.526. The second-order valence-electron chi connectivity index (χ2n) is 7.19. The van der Waals surface area contributed by atoms with Gasteiger partial charge >= 0.3 is 0 Å². The van der Waals surface area contributed by atoms with E-state index in [-0.39, 0.29) is 11.1 Å². The van der Waals surface area contributed by atoms with Crippen molar-refractivity contribution in [2.75, 3.05) is 12.3 Å². The van der Waals surface area contributed by atoms with Crippen molar-refractivity contribution in [3.05, 3.63) is 61.9 Å². The number of thioether (sulfide) groups is 1. The van der Waals surface area contributed by atoms with Crippen molar-refractivity contribution in [2.45, 2.75) is 44.1 Å². The van der Waals surface area contributed by atoms with Gasteiger partial charge in [-0.15, -0.1) is 0 Å². The van der Waals surface area contributed by atoms with Crippen LogP contribution in [0.2, 0.25) is 0 Å². The van der Waals surface area contributed by atoms with E-state index in [1.54, 1.807) is 28.4 Å². The summed E-state index contributed by atoms with van der Waals surface area (Å²) in [7, 11) is 1.76. The highest BCUT2D eigenvalue weighted by molar-refractivity contribution is 7.98. The normalized spacial score (nSPS) is 20.3. The second kappa shape index (κ2) is 7.40. The van der Waals surface area contributed by atoms with Crippen LogP contribution in [0.5, 0.6) is 0 Å². The largest absolute Gasteiger partial charge is 0.319 e. The molecule has 0 aliphatic carbocycles. The molecule has 4 rings (SSSR count). The maximum atomic E-state index is 12.5. The lowest BCUT2D eigenvalue weighted by Crippen LogP contribution is -2.37. The maximum absolute atomic E-state index is 12.5. The van der Waals surface area contributed by atoms with E-state index in [0.717, 1.165) is 60.7 Å². The van der Waals surface area contributed by atoms with Gasteiger partial charge in [-0.25, -0.2) is 4.68 Å². The molecule has 6 nitrogen and oxygen atoms in total. The molecular formula is C19H24N4O2S. The zero-order valence-corrected chi connectivity index (χ0v) is 15.9. The van der Waals surface area contributed by atoms with Gasteiger partial charge in [-0.05, 0) is 42.3 Å². The summed E-state index contributed by atoms with van der Waals surface area (Å²) in [4.78, 5) is 26.7. The Morgan fingerprint density at radius 3 is 3.00 bits per heavy atom. The molecule has 7 heteroatoms. The van der Waals surface area contributed by atoms with Crippen LogP contribution in [0, 0.1) is 0 Å². The van der Waals surface area contributed by atoms with Crippen LogP contribution >= 0.6 is 11.8 Å². The fourth-order valence-corrected chi connectivity index (χ4v) is 4.77. The molecular weight excluding hydrogens is 348 g/mol. The highest BCUT2D eigenvalue weighted by Gasteiger charge is 2.26. The summed E-state index contributed by atoms with van der Waals surface area (Å²) in [6, 6.07) is 5.77. The first-order valence-corrected chi connectivity index (χ1v) is 10.3. The molecule has 26 heavy (non-hydrogen) atoms. The molecule has 0 aromatic carbocycles. The third-order valence-electron chi connectivity index (χ3n) is 5.34. The number of aromatic nitrogens is 3. The van der Waals surface area contributed by atoms with Crippen LogP contribution in [-0.4, -0.2) is 37.6 Å². The quantitative estimate of drug-likeness (QED) is 0.812. The fourth-order valence-electron chi connectivity index (χ4n) is 3.82. The highest BCUT2D eigenvalue weighted by Crippen LogP contribution is 2.23. The summed E-state index contributed by atoms with van der Waals surface area (Å²) in [5.41, 5.74) is 3.24. The van der Waals surface area contributed by atoms with E-state index < -0.39 is 0 Å². The molecule has 0 amide bonds. The van der Waals surface area contributed by atoms with E-state index in [1.807, 2.05) is 24.0 Å². The Bertz CT molecular complexity index is 920. The third-order valence-corrected chi connectivity index (χ3v) is 6.35. The third kappa shape index (κ3) is 3.64. The molecule has 1 atom stereocenters. The van der Waals surface area contributed by atoms with Gasteiger partial charge in [0.1, 0.15) is 0 Å². The van der Waals surface area contributed by atoms with Crippen molar-refractivity contribution >= 4 is 11.8 Å². The van der Waals surface area contributed by atoms with E-state index in [0.29, 0.717) is 12.6 Å². The Hall–Kier alpha value is -1.86. The monoisotopic (exact) mass is 372 g/mol. The van der Waals surface area contributed by atoms with E-state index in [4.69, 9.17) is 0 Å². The zero-order valence-electron chi connectivity index (χ0n) is 15.1. The van der Waals surface area contributed by atoms with Crippen LogP contribution in [0.1, 0.15) is 29.7 Å². The molecule has 0 bridgehead atoms. The van der Waals surface area contributed by atoms with Gasteiger partial charge in [0.05, 0.1) is 12.2 Å². The van der Waals surface area contributed by atoms with Crippen molar-refractivity contribution in [1.82, 2.24) is 19.2 Å². The number of likely N-dealkylation sites (tertiary alicyclic amines) is 1. The minimum Gasteiger partial charge on any atom is -0.319 e. The topological polar surface area (TPSA) is 60.1 Å². The van der Waals surface area contributed by atoms with Crippen LogP contribution in [0.25, 0.3) is 0 Å². The number of nitrogens with zero attached hydrogens (tertiary/aromatic N) is 4. The Morgan fingerprint density at radius 1 is 1.27 bits per heavy atom. The molecule has 2 aromatic rings. The molecule has 0 saturated carbocycles. The minimum absolute atomic E-state index is 0.00619. The van der Waals surface area contributed by atoms with Crippen LogP contribution < -0.4 is 11.1 Å². The first-order valence-electron chi connectivity index (χ1n) is 9.17. The molecule has 4 heterocycles. The highest BCUT2D eigenvalue weighted by atomic mass is 32.2. The van der Waals surface area contributed by atoms with Crippen LogP contribution in [0.4, 0.5) is 0 Å². The number of rotatable bonds is 4. The molecule has 0 radical (unpaired) electrons. The Balaban J connectivity index is 1.51. The molecule has 1 saturated heterocycles. The standard InChI is InChI=1S/C19H24N4O2S/c1-21-7-4-14(9-18(21)24)11-22-6-2-3-16(22)12-23-19(25)10-15-13-26-8-5-17(15)20-23/h4,7,9-10,16H,2-3,5-6,8,11-13H2,1H3. The van der Waals surface area contributed by atoms with Crippen molar-refractivity contribution in [3.63, 3.8) is 0 Å². The summed E-state index contributed by atoms with van der Waals surface area (Å²) in [5, 5.41) is 4.65. The average molecular weight is 372 g/mol. The summed E-state index contributed by atoms with van der Waals surface area (Å²) >= 11 is 1.87. The Morgan fingerprint density at radius 2 is 2.15 bits per heavy atom. The predicted molar refractivity (Wildman–Crippen MR) is 103 cm³/mol. The summed E-state index contributed by atoms with van der Waals surface area (Å²) < 4.78 is 3.24. The molecule has 1 fully saturated rings. The number of fused-ring (bicyclic) bond motifs is 1. The molecule has 2 aliphatic rings. The van der Waals surface area contributed by atoms with Crippen LogP contribution in [0.3, 0.4) is 0 Å². The number of pyridine rings is 1. The SMILES string of the molecule is Cn1ccc(CN2CCCC2Cn2nc3c(cc2=O)CSCC3)cc1=O. The van der Waals surface area contributed by atoms with Gasteiger partial charge in [0.25, 0.3) is 11.1 Å². The molecule has 0 spiro atoms. The number of aryl methyl sites for hydroxylation is 2. The van der Waals surface area contributed by atoms with Crippen molar-refractivity contribution in [3.8, 4) is 0 Å². The first-order chi connectivity index (χ1) is 12.6. The lowest BCUT2D eigenvalue weighted by atomic mass is 10.1. The summed E-state index contributed by atoms with van der Waals surface area (Å²) in [5.74, 6) is 1.98. The van der Waals surface area contributed by atoms with Gasteiger partial charge in [0.15, 0.2) is 0 Å².